The van der Waals surface area contributed by atoms with E-state index in [9.17, 15) is 0 Å². The van der Waals surface area contributed by atoms with Crippen LogP contribution >= 0.6 is 15.9 Å². The van der Waals surface area contributed by atoms with Gasteiger partial charge in [0.05, 0.1) is 11.7 Å². The van der Waals surface area contributed by atoms with Crippen molar-refractivity contribution in [2.24, 2.45) is 5.73 Å². The highest BCUT2D eigenvalue weighted by Gasteiger charge is 2.02. The molecule has 0 aliphatic rings. The lowest BCUT2D eigenvalue weighted by Gasteiger charge is -2.00. The van der Waals surface area contributed by atoms with Gasteiger partial charge >= 0.3 is 0 Å². The van der Waals surface area contributed by atoms with Crippen molar-refractivity contribution in [3.63, 3.8) is 0 Å². The Balaban J connectivity index is 2.37. The fourth-order valence-corrected chi connectivity index (χ4v) is 1.83. The summed E-state index contributed by atoms with van der Waals surface area (Å²) < 4.78 is 3.18. The van der Waals surface area contributed by atoms with Crippen molar-refractivity contribution < 1.29 is 0 Å². The van der Waals surface area contributed by atoms with Crippen LogP contribution in [-0.4, -0.2) is 15.9 Å². The second-order valence-electron chi connectivity index (χ2n) is 3.21. The summed E-state index contributed by atoms with van der Waals surface area (Å²) in [6.07, 6.45) is 5.83. The van der Waals surface area contributed by atoms with Crippen molar-refractivity contribution in [3.8, 4) is 0 Å². The average molecular weight is 254 g/mol. The molecule has 0 amide bonds. The van der Waals surface area contributed by atoms with E-state index in [0.29, 0.717) is 6.54 Å². The molecule has 0 bridgehead atoms. The monoisotopic (exact) mass is 253 g/mol. The molecular weight excluding hydrogens is 242 g/mol. The number of aryl methyl sites for hydroxylation is 1. The molecule has 0 aliphatic heterocycles. The van der Waals surface area contributed by atoms with E-state index in [1.165, 1.54) is 0 Å². The molecule has 0 aliphatic carbocycles. The first-order chi connectivity index (χ1) is 6.81. The van der Waals surface area contributed by atoms with E-state index < -0.39 is 0 Å². The fourth-order valence-electron chi connectivity index (χ4n) is 1.47. The van der Waals surface area contributed by atoms with E-state index in [4.69, 9.17) is 5.73 Å². The lowest BCUT2D eigenvalue weighted by atomic mass is 10.3. The number of fused-ring (bicyclic) bond motifs is 1. The number of hydrogen-bond acceptors (Lipinski definition) is 2. The first-order valence-corrected chi connectivity index (χ1v) is 5.42. The minimum atomic E-state index is 0.714. The summed E-state index contributed by atoms with van der Waals surface area (Å²) in [5.41, 5.74) is 6.59. The largest absolute Gasteiger partial charge is 0.330 e. The minimum absolute atomic E-state index is 0.714. The number of pyridine rings is 1. The van der Waals surface area contributed by atoms with E-state index >= 15 is 0 Å². The average Bonchev–Trinajstić information content (AvgIpc) is 2.57. The van der Waals surface area contributed by atoms with E-state index in [1.807, 2.05) is 18.5 Å². The first kappa shape index (κ1) is 9.68. The second kappa shape index (κ2) is 4.11. The van der Waals surface area contributed by atoms with E-state index in [0.717, 1.165) is 28.7 Å². The van der Waals surface area contributed by atoms with Gasteiger partial charge in [-0.05, 0) is 25.1 Å². The third-order valence-corrected chi connectivity index (χ3v) is 2.67. The van der Waals surface area contributed by atoms with Crippen LogP contribution in [0.25, 0.3) is 5.52 Å². The van der Waals surface area contributed by atoms with Gasteiger partial charge in [0.15, 0.2) is 0 Å². The van der Waals surface area contributed by atoms with Crippen LogP contribution in [0.4, 0.5) is 0 Å². The van der Waals surface area contributed by atoms with Crippen LogP contribution in [-0.2, 0) is 6.42 Å². The number of halogens is 1. The molecule has 14 heavy (non-hydrogen) atoms. The molecule has 0 saturated carbocycles. The summed E-state index contributed by atoms with van der Waals surface area (Å²) >= 11 is 3.43. The molecule has 0 fully saturated rings. The van der Waals surface area contributed by atoms with Gasteiger partial charge < -0.3 is 10.1 Å². The molecular formula is C10H12BrN3. The molecule has 0 radical (unpaired) electrons. The molecule has 74 valence electrons. The number of hydrogen-bond donors (Lipinski definition) is 1. The zero-order chi connectivity index (χ0) is 9.97. The summed E-state index contributed by atoms with van der Waals surface area (Å²) in [5.74, 6) is 1.08. The van der Waals surface area contributed by atoms with Gasteiger partial charge in [0.1, 0.15) is 5.82 Å². The number of nitrogens with two attached hydrogens (primary N) is 1. The third-order valence-electron chi connectivity index (χ3n) is 2.18. The molecule has 2 aromatic heterocycles. The van der Waals surface area contributed by atoms with Crippen LogP contribution < -0.4 is 5.73 Å². The fraction of sp³-hybridized carbons (Fsp3) is 0.300. The molecule has 0 spiro atoms. The number of nitrogens with zero attached hydrogens (tertiary/aromatic N) is 2. The summed E-state index contributed by atoms with van der Waals surface area (Å²) in [6, 6.07) is 4.07. The van der Waals surface area contributed by atoms with Crippen LogP contribution in [0.5, 0.6) is 0 Å². The molecule has 0 unspecified atom stereocenters. The maximum Gasteiger partial charge on any atom is 0.113 e. The Morgan fingerprint density at radius 3 is 3.14 bits per heavy atom. The maximum absolute atomic E-state index is 5.47. The molecule has 0 saturated heterocycles. The van der Waals surface area contributed by atoms with Gasteiger partial charge in [-0.25, -0.2) is 4.98 Å². The maximum atomic E-state index is 5.47. The Morgan fingerprint density at radius 1 is 1.50 bits per heavy atom. The summed E-state index contributed by atoms with van der Waals surface area (Å²) in [5, 5.41) is 0. The Labute approximate surface area is 91.1 Å². The van der Waals surface area contributed by atoms with Crippen molar-refractivity contribution in [3.05, 3.63) is 34.8 Å². The molecule has 2 rings (SSSR count). The second-order valence-corrected chi connectivity index (χ2v) is 4.12. The lowest BCUT2D eigenvalue weighted by molar-refractivity contribution is 0.778. The molecule has 4 heteroatoms. The standard InChI is InChI=1S/C10H12BrN3/c11-8-3-5-14-9(6-8)7-13-10(14)2-1-4-12/h3,5-7H,1-2,4,12H2. The molecule has 2 N–H and O–H groups in total. The highest BCUT2D eigenvalue weighted by Crippen LogP contribution is 2.14. The SMILES string of the molecule is NCCCc1ncc2cc(Br)ccn12. The van der Waals surface area contributed by atoms with Crippen molar-refractivity contribution >= 4 is 21.4 Å². The molecule has 2 aromatic rings. The summed E-state index contributed by atoms with van der Waals surface area (Å²) in [4.78, 5) is 4.36. The minimum Gasteiger partial charge on any atom is -0.330 e. The van der Waals surface area contributed by atoms with Crippen molar-refractivity contribution in [1.29, 1.82) is 0 Å². The Morgan fingerprint density at radius 2 is 2.36 bits per heavy atom. The van der Waals surface area contributed by atoms with Crippen LogP contribution in [0, 0.1) is 0 Å². The van der Waals surface area contributed by atoms with Gasteiger partial charge in [-0.1, -0.05) is 15.9 Å². The predicted octanol–water partition coefficient (Wildman–Crippen LogP) is 1.99. The van der Waals surface area contributed by atoms with Crippen LogP contribution in [0.2, 0.25) is 0 Å². The van der Waals surface area contributed by atoms with Gasteiger partial charge in [0.25, 0.3) is 0 Å². The molecule has 0 aromatic carbocycles. The van der Waals surface area contributed by atoms with E-state index in [-0.39, 0.29) is 0 Å². The quantitative estimate of drug-likeness (QED) is 0.910. The zero-order valence-electron chi connectivity index (χ0n) is 7.78. The summed E-state index contributed by atoms with van der Waals surface area (Å²) in [7, 11) is 0. The molecule has 3 nitrogen and oxygen atoms in total. The van der Waals surface area contributed by atoms with Crippen LogP contribution in [0.1, 0.15) is 12.2 Å². The zero-order valence-corrected chi connectivity index (χ0v) is 9.37. The van der Waals surface area contributed by atoms with E-state index in [2.05, 4.69) is 31.4 Å². The highest BCUT2D eigenvalue weighted by atomic mass is 79.9. The highest BCUT2D eigenvalue weighted by molar-refractivity contribution is 9.10. The van der Waals surface area contributed by atoms with Gasteiger partial charge in [-0.3, -0.25) is 0 Å². The van der Waals surface area contributed by atoms with Gasteiger partial charge in [-0.15, -0.1) is 0 Å². The van der Waals surface area contributed by atoms with Crippen molar-refractivity contribution in [2.45, 2.75) is 12.8 Å². The molecule has 2 heterocycles. The van der Waals surface area contributed by atoms with Crippen molar-refractivity contribution in [1.82, 2.24) is 9.38 Å². The van der Waals surface area contributed by atoms with Gasteiger partial charge in [0.2, 0.25) is 0 Å². The Bertz CT molecular complexity index is 436. The number of imidazole rings is 1. The van der Waals surface area contributed by atoms with E-state index in [1.54, 1.807) is 0 Å². The first-order valence-electron chi connectivity index (χ1n) is 4.63. The Hall–Kier alpha value is -0.870. The third kappa shape index (κ3) is 1.81. The van der Waals surface area contributed by atoms with Crippen LogP contribution in [0.3, 0.4) is 0 Å². The Kier molecular flexibility index (Phi) is 2.84. The lowest BCUT2D eigenvalue weighted by Crippen LogP contribution is -2.02. The smallest absolute Gasteiger partial charge is 0.113 e. The van der Waals surface area contributed by atoms with Crippen molar-refractivity contribution in [2.75, 3.05) is 6.54 Å². The number of aromatic nitrogens is 2. The van der Waals surface area contributed by atoms with Gasteiger partial charge in [0, 0.05) is 17.1 Å². The number of rotatable bonds is 3. The topological polar surface area (TPSA) is 43.3 Å². The van der Waals surface area contributed by atoms with Gasteiger partial charge in [-0.2, -0.15) is 0 Å². The molecule has 0 atom stereocenters. The predicted molar refractivity (Wildman–Crippen MR) is 60.3 cm³/mol. The van der Waals surface area contributed by atoms with Crippen LogP contribution in [0.15, 0.2) is 29.0 Å². The summed E-state index contributed by atoms with van der Waals surface area (Å²) in [6.45, 7) is 0.714. The normalized spacial score (nSPS) is 11.0.